The third-order valence-electron chi connectivity index (χ3n) is 6.83. The van der Waals surface area contributed by atoms with E-state index in [9.17, 15) is 33.9 Å². The number of hydrogen-bond acceptors (Lipinski definition) is 8. The molecule has 4 amide bonds. The second kappa shape index (κ2) is 17.1. The Morgan fingerprint density at radius 1 is 1.03 bits per heavy atom. The quantitative estimate of drug-likeness (QED) is 0.112. The number of nitrogens with two attached hydrogens (primary N) is 1. The van der Waals surface area contributed by atoms with Crippen LogP contribution >= 0.6 is 0 Å². The molecular weight excluding hydrogens is 510 g/mol. The van der Waals surface area contributed by atoms with Crippen molar-refractivity contribution in [2.45, 2.75) is 63.8 Å². The van der Waals surface area contributed by atoms with Crippen LogP contribution in [0.3, 0.4) is 0 Å². The number of amides is 4. The number of carboxylic acid groups (broad SMARTS) is 1. The molecule has 39 heavy (non-hydrogen) atoms. The van der Waals surface area contributed by atoms with Crippen molar-refractivity contribution in [2.24, 2.45) is 17.6 Å². The van der Waals surface area contributed by atoms with Crippen molar-refractivity contribution in [1.29, 1.82) is 0 Å². The molecule has 218 valence electrons. The molecule has 1 unspecified atom stereocenters. The van der Waals surface area contributed by atoms with Gasteiger partial charge in [-0.05, 0) is 57.3 Å². The number of carbonyl (C=O) groups is 6. The van der Waals surface area contributed by atoms with Gasteiger partial charge in [0.2, 0.25) is 11.8 Å². The van der Waals surface area contributed by atoms with E-state index in [1.54, 1.807) is 0 Å². The minimum Gasteiger partial charge on any atom is -0.480 e. The zero-order chi connectivity index (χ0) is 28.1. The average Bonchev–Trinajstić information content (AvgIpc) is 3.21. The van der Waals surface area contributed by atoms with E-state index in [-0.39, 0.29) is 66.7 Å². The molecule has 0 spiro atoms. The molecule has 0 radical (unpaired) electrons. The number of ketones is 1. The summed E-state index contributed by atoms with van der Waals surface area (Å²) in [5, 5.41) is 17.6. The number of unbranched alkanes of at least 4 members (excludes halogenated alkanes) is 1. The van der Waals surface area contributed by atoms with Crippen LogP contribution in [0.4, 0.5) is 0 Å². The third kappa shape index (κ3) is 11.8. The lowest BCUT2D eigenvalue weighted by Crippen LogP contribution is -2.38. The van der Waals surface area contributed by atoms with Crippen molar-refractivity contribution in [1.82, 2.24) is 20.9 Å². The molecule has 2 aliphatic rings. The Morgan fingerprint density at radius 3 is 2.26 bits per heavy atom. The van der Waals surface area contributed by atoms with Gasteiger partial charge in [0.25, 0.3) is 11.8 Å². The van der Waals surface area contributed by atoms with Crippen molar-refractivity contribution in [2.75, 3.05) is 26.2 Å². The van der Waals surface area contributed by atoms with Crippen molar-refractivity contribution in [3.63, 3.8) is 0 Å². The second-order valence-corrected chi connectivity index (χ2v) is 9.78. The Morgan fingerprint density at radius 2 is 1.67 bits per heavy atom. The first kappa shape index (κ1) is 33.4. The number of rotatable bonds is 17. The second-order valence-electron chi connectivity index (χ2n) is 9.78. The van der Waals surface area contributed by atoms with Gasteiger partial charge in [0.05, 0.1) is 13.1 Å². The van der Waals surface area contributed by atoms with E-state index in [0.717, 1.165) is 12.8 Å². The Balaban J connectivity index is 0.00000760. The number of nitrogens with zero attached hydrogens (tertiary/aromatic N) is 1. The van der Waals surface area contributed by atoms with Crippen LogP contribution < -0.4 is 21.7 Å². The number of nitrogens with one attached hydrogen (secondary N) is 3. The summed E-state index contributed by atoms with van der Waals surface area (Å²) in [5.41, 5.74) is 5.59. The predicted molar refractivity (Wildman–Crippen MR) is 142 cm³/mol. The summed E-state index contributed by atoms with van der Waals surface area (Å²) in [6.07, 6.45) is 7.41. The van der Waals surface area contributed by atoms with E-state index in [1.165, 1.54) is 17.1 Å². The smallest absolute Gasteiger partial charge is 0.326 e. The zero-order valence-electron chi connectivity index (χ0n) is 22.2. The van der Waals surface area contributed by atoms with Gasteiger partial charge < -0.3 is 32.3 Å². The van der Waals surface area contributed by atoms with Gasteiger partial charge in [0.15, 0.2) is 5.78 Å². The highest BCUT2D eigenvalue weighted by Crippen LogP contribution is 2.30. The summed E-state index contributed by atoms with van der Waals surface area (Å²) >= 11 is 0. The van der Waals surface area contributed by atoms with E-state index in [0.29, 0.717) is 50.9 Å². The Kier molecular flexibility index (Phi) is 14.7. The van der Waals surface area contributed by atoms with Gasteiger partial charge in [0.1, 0.15) is 6.04 Å². The summed E-state index contributed by atoms with van der Waals surface area (Å²) in [6.45, 7) is 4.30. The summed E-state index contributed by atoms with van der Waals surface area (Å²) in [5.74, 6) is -2.13. The zero-order valence-corrected chi connectivity index (χ0v) is 22.2. The van der Waals surface area contributed by atoms with Crippen molar-refractivity contribution in [3.05, 3.63) is 24.4 Å². The number of allylic oxidation sites excluding steroid dienone is 1. The molecule has 1 saturated carbocycles. The molecule has 13 nitrogen and oxygen atoms in total. The maximum Gasteiger partial charge on any atom is 0.326 e. The van der Waals surface area contributed by atoms with Gasteiger partial charge in [-0.3, -0.25) is 28.9 Å². The van der Waals surface area contributed by atoms with Gasteiger partial charge >= 0.3 is 5.97 Å². The predicted octanol–water partition coefficient (Wildman–Crippen LogP) is -0.840. The molecule has 1 atom stereocenters. The number of carbonyl (C=O) groups excluding carboxylic acids is 5. The van der Waals surface area contributed by atoms with Crippen molar-refractivity contribution >= 4 is 35.4 Å². The highest BCUT2D eigenvalue weighted by Gasteiger charge is 2.31. The number of carboxylic acids is 1. The van der Waals surface area contributed by atoms with Crippen LogP contribution in [0, 0.1) is 11.8 Å². The lowest BCUT2D eigenvalue weighted by atomic mass is 9.81. The number of hydrogen-bond donors (Lipinski definition) is 5. The summed E-state index contributed by atoms with van der Waals surface area (Å²) in [4.78, 5) is 71.7. The molecule has 0 aromatic heterocycles. The highest BCUT2D eigenvalue weighted by molar-refractivity contribution is 6.12. The van der Waals surface area contributed by atoms with E-state index in [1.807, 2.05) is 0 Å². The minimum atomic E-state index is -1.03. The normalized spacial score (nSPS) is 19.2. The minimum absolute atomic E-state index is 0. The molecule has 0 saturated heterocycles. The van der Waals surface area contributed by atoms with E-state index in [2.05, 4.69) is 22.5 Å². The Labute approximate surface area is 227 Å². The highest BCUT2D eigenvalue weighted by atomic mass is 16.4. The van der Waals surface area contributed by atoms with Crippen molar-refractivity contribution < 1.29 is 39.3 Å². The van der Waals surface area contributed by atoms with E-state index in [4.69, 9.17) is 5.73 Å². The largest absolute Gasteiger partial charge is 0.480 e. The first-order chi connectivity index (χ1) is 18.1. The SMILES string of the molecule is C=C(CCC(=O)CNC(=O)CN)NC(CCCCNC(=O)C1CCC(CN2C(=O)C=CC2=O)CC1)C(=O)O.O. The number of aliphatic carboxylic acids is 1. The standard InChI is InChI=1S/C26H39N5O7.H2O/c1-17(5-10-20(32)15-29-22(33)14-27)30-21(26(37)38)4-2-3-13-28-25(36)19-8-6-18(7-9-19)16-31-23(34)11-12-24(31)35;/h11-12,18-19,21,30H,1-10,13-16,27H2,(H,28,36)(H,29,33)(H,37,38);1H2. The summed E-state index contributed by atoms with van der Waals surface area (Å²) in [6, 6.07) is -0.856. The maximum absolute atomic E-state index is 12.5. The molecule has 13 heteroatoms. The van der Waals surface area contributed by atoms with Gasteiger partial charge in [-0.1, -0.05) is 6.58 Å². The summed E-state index contributed by atoms with van der Waals surface area (Å²) < 4.78 is 0. The fourth-order valence-corrected chi connectivity index (χ4v) is 4.53. The first-order valence-corrected chi connectivity index (χ1v) is 13.1. The van der Waals surface area contributed by atoms with Gasteiger partial charge in [0, 0.05) is 43.3 Å². The van der Waals surface area contributed by atoms with Crippen LogP contribution in [0.2, 0.25) is 0 Å². The summed E-state index contributed by atoms with van der Waals surface area (Å²) in [7, 11) is 0. The van der Waals surface area contributed by atoms with Crippen LogP contribution in [-0.2, 0) is 28.8 Å². The molecule has 0 aromatic carbocycles. The Hall–Kier alpha value is -3.58. The monoisotopic (exact) mass is 551 g/mol. The number of Topliss-reactive ketones (excluding diaryl/α,β-unsaturated/α-hetero) is 1. The lowest BCUT2D eigenvalue weighted by molar-refractivity contribution is -0.140. The molecule has 1 aliphatic carbocycles. The van der Waals surface area contributed by atoms with Crippen molar-refractivity contribution in [3.8, 4) is 0 Å². The van der Waals surface area contributed by atoms with Crippen LogP contribution in [0.5, 0.6) is 0 Å². The van der Waals surface area contributed by atoms with E-state index < -0.39 is 17.9 Å². The molecule has 8 N–H and O–H groups in total. The number of imide groups is 1. The van der Waals surface area contributed by atoms with Crippen LogP contribution in [0.25, 0.3) is 0 Å². The topological polar surface area (TPSA) is 219 Å². The van der Waals surface area contributed by atoms with Gasteiger partial charge in [-0.25, -0.2) is 4.79 Å². The average molecular weight is 552 g/mol. The fourth-order valence-electron chi connectivity index (χ4n) is 4.53. The molecular formula is C26H41N5O8. The van der Waals surface area contributed by atoms with Crippen LogP contribution in [0.15, 0.2) is 24.4 Å². The fraction of sp³-hybridized carbons (Fsp3) is 0.615. The first-order valence-electron chi connectivity index (χ1n) is 13.1. The van der Waals surface area contributed by atoms with Crippen LogP contribution in [0.1, 0.15) is 57.8 Å². The molecule has 1 aliphatic heterocycles. The lowest BCUT2D eigenvalue weighted by Gasteiger charge is -2.30. The molecule has 0 bridgehead atoms. The third-order valence-corrected chi connectivity index (χ3v) is 6.83. The Bertz CT molecular complexity index is 925. The van der Waals surface area contributed by atoms with Gasteiger partial charge in [-0.15, -0.1) is 0 Å². The van der Waals surface area contributed by atoms with Gasteiger partial charge in [-0.2, -0.15) is 0 Å². The van der Waals surface area contributed by atoms with E-state index >= 15 is 0 Å². The molecule has 1 heterocycles. The van der Waals surface area contributed by atoms with Crippen LogP contribution in [-0.4, -0.2) is 83.1 Å². The molecule has 0 aromatic rings. The maximum atomic E-state index is 12.5. The molecule has 1 fully saturated rings. The molecule has 2 rings (SSSR count).